The fourth-order valence-corrected chi connectivity index (χ4v) is 2.01. The Morgan fingerprint density at radius 2 is 2.06 bits per heavy atom. The van der Waals surface area contributed by atoms with Crippen molar-refractivity contribution in [1.29, 1.82) is 5.26 Å². The molecule has 0 radical (unpaired) electrons. The van der Waals surface area contributed by atoms with Gasteiger partial charge in [0.2, 0.25) is 0 Å². The highest BCUT2D eigenvalue weighted by Crippen LogP contribution is 2.25. The lowest BCUT2D eigenvalue weighted by molar-refractivity contribution is 0.222. The largest absolute Gasteiger partial charge is 0.491 e. The lowest BCUT2D eigenvalue weighted by Gasteiger charge is -2.18. The molecular formula is C13H17BrN2O. The van der Waals surface area contributed by atoms with Crippen molar-refractivity contribution >= 4 is 15.9 Å². The van der Waals surface area contributed by atoms with E-state index in [4.69, 9.17) is 10.00 Å². The van der Waals surface area contributed by atoms with Gasteiger partial charge in [0.1, 0.15) is 12.4 Å². The number of benzene rings is 1. The molecule has 0 aliphatic carbocycles. The third kappa shape index (κ3) is 4.37. The zero-order valence-electron chi connectivity index (χ0n) is 10.2. The molecule has 0 saturated heterocycles. The lowest BCUT2D eigenvalue weighted by Crippen LogP contribution is -2.27. The first-order valence-corrected chi connectivity index (χ1v) is 6.55. The zero-order valence-corrected chi connectivity index (χ0v) is 11.8. The summed E-state index contributed by atoms with van der Waals surface area (Å²) >= 11 is 3.40. The van der Waals surface area contributed by atoms with Crippen LogP contribution in [0.5, 0.6) is 5.75 Å². The zero-order chi connectivity index (χ0) is 12.7. The molecule has 0 aliphatic rings. The molecule has 0 amide bonds. The molecule has 0 atom stereocenters. The van der Waals surface area contributed by atoms with E-state index >= 15 is 0 Å². The molecule has 4 heteroatoms. The molecule has 1 aromatic rings. The van der Waals surface area contributed by atoms with Gasteiger partial charge in [0.25, 0.3) is 0 Å². The second-order valence-corrected chi connectivity index (χ2v) is 4.49. The number of halogens is 1. The molecule has 0 saturated carbocycles. The number of nitrogens with zero attached hydrogens (tertiary/aromatic N) is 2. The SMILES string of the molecule is CCN(CC)CCOc1ccc(C#N)cc1Br. The van der Waals surface area contributed by atoms with Crippen molar-refractivity contribution in [3.05, 3.63) is 28.2 Å². The van der Waals surface area contributed by atoms with Crippen LogP contribution in [0.1, 0.15) is 19.4 Å². The van der Waals surface area contributed by atoms with Gasteiger partial charge in [-0.1, -0.05) is 13.8 Å². The van der Waals surface area contributed by atoms with Crippen LogP contribution in [0.15, 0.2) is 22.7 Å². The van der Waals surface area contributed by atoms with Crippen LogP contribution in [-0.4, -0.2) is 31.1 Å². The monoisotopic (exact) mass is 296 g/mol. The normalized spacial score (nSPS) is 10.3. The van der Waals surface area contributed by atoms with Crippen LogP contribution < -0.4 is 4.74 Å². The van der Waals surface area contributed by atoms with Gasteiger partial charge in [-0.15, -0.1) is 0 Å². The molecule has 1 aromatic carbocycles. The van der Waals surface area contributed by atoms with Gasteiger partial charge in [0.15, 0.2) is 0 Å². The van der Waals surface area contributed by atoms with E-state index in [2.05, 4.69) is 40.7 Å². The summed E-state index contributed by atoms with van der Waals surface area (Å²) in [5.74, 6) is 0.788. The standard InChI is InChI=1S/C13H17BrN2O/c1-3-16(4-2)7-8-17-13-6-5-11(10-15)9-12(13)14/h5-6,9H,3-4,7-8H2,1-2H3. The molecule has 0 spiro atoms. The first kappa shape index (κ1) is 14.0. The highest BCUT2D eigenvalue weighted by Gasteiger charge is 2.04. The second kappa shape index (κ2) is 7.31. The van der Waals surface area contributed by atoms with E-state index in [-0.39, 0.29) is 0 Å². The minimum absolute atomic E-state index is 0.632. The smallest absolute Gasteiger partial charge is 0.133 e. The predicted molar refractivity (Wildman–Crippen MR) is 72.1 cm³/mol. The fraction of sp³-hybridized carbons (Fsp3) is 0.462. The Balaban J connectivity index is 2.50. The van der Waals surface area contributed by atoms with Crippen molar-refractivity contribution < 1.29 is 4.74 Å². The summed E-state index contributed by atoms with van der Waals surface area (Å²) in [5, 5.41) is 8.75. The Kier molecular flexibility index (Phi) is 6.03. The number of hydrogen-bond acceptors (Lipinski definition) is 3. The average Bonchev–Trinajstić information content (AvgIpc) is 2.36. The summed E-state index contributed by atoms with van der Waals surface area (Å²) in [5.41, 5.74) is 0.632. The lowest BCUT2D eigenvalue weighted by atomic mass is 10.2. The third-order valence-corrected chi connectivity index (χ3v) is 3.24. The molecule has 0 unspecified atom stereocenters. The van der Waals surface area contributed by atoms with Crippen molar-refractivity contribution in [3.8, 4) is 11.8 Å². The van der Waals surface area contributed by atoms with Crippen LogP contribution in [-0.2, 0) is 0 Å². The minimum atomic E-state index is 0.632. The first-order chi connectivity index (χ1) is 8.21. The highest BCUT2D eigenvalue weighted by molar-refractivity contribution is 9.10. The Morgan fingerprint density at radius 3 is 2.59 bits per heavy atom. The van der Waals surface area contributed by atoms with Crippen LogP contribution >= 0.6 is 15.9 Å². The Hall–Kier alpha value is -1.05. The maximum atomic E-state index is 8.75. The second-order valence-electron chi connectivity index (χ2n) is 3.63. The van der Waals surface area contributed by atoms with Crippen LogP contribution in [0.2, 0.25) is 0 Å². The molecular weight excluding hydrogens is 280 g/mol. The molecule has 0 N–H and O–H groups in total. The summed E-state index contributed by atoms with van der Waals surface area (Å²) in [4.78, 5) is 2.30. The van der Waals surface area contributed by atoms with E-state index in [1.807, 2.05) is 6.07 Å². The summed E-state index contributed by atoms with van der Waals surface area (Å²) in [7, 11) is 0. The van der Waals surface area contributed by atoms with E-state index in [9.17, 15) is 0 Å². The molecule has 3 nitrogen and oxygen atoms in total. The minimum Gasteiger partial charge on any atom is -0.491 e. The number of rotatable bonds is 6. The van der Waals surface area contributed by atoms with Crippen LogP contribution in [0.3, 0.4) is 0 Å². The van der Waals surface area contributed by atoms with Crippen LogP contribution in [0.4, 0.5) is 0 Å². The summed E-state index contributed by atoms with van der Waals surface area (Å²) in [6.07, 6.45) is 0. The summed E-state index contributed by atoms with van der Waals surface area (Å²) < 4.78 is 6.50. The average molecular weight is 297 g/mol. The Bertz CT molecular complexity index is 397. The molecule has 17 heavy (non-hydrogen) atoms. The van der Waals surface area contributed by atoms with E-state index in [0.29, 0.717) is 12.2 Å². The van der Waals surface area contributed by atoms with Gasteiger partial charge in [0, 0.05) is 6.54 Å². The van der Waals surface area contributed by atoms with Gasteiger partial charge in [-0.3, -0.25) is 0 Å². The van der Waals surface area contributed by atoms with Gasteiger partial charge >= 0.3 is 0 Å². The molecule has 0 fully saturated rings. The van der Waals surface area contributed by atoms with E-state index in [1.165, 1.54) is 0 Å². The number of ether oxygens (including phenoxy) is 1. The predicted octanol–water partition coefficient (Wildman–Crippen LogP) is 3.04. The van der Waals surface area contributed by atoms with Gasteiger partial charge in [-0.2, -0.15) is 5.26 Å². The van der Waals surface area contributed by atoms with Crippen molar-refractivity contribution in [3.63, 3.8) is 0 Å². The molecule has 0 bridgehead atoms. The maximum Gasteiger partial charge on any atom is 0.133 e. The van der Waals surface area contributed by atoms with Crippen molar-refractivity contribution in [1.82, 2.24) is 4.90 Å². The van der Waals surface area contributed by atoms with Crippen molar-refractivity contribution in [2.24, 2.45) is 0 Å². The summed E-state index contributed by atoms with van der Waals surface area (Å²) in [6, 6.07) is 7.45. The molecule has 0 aromatic heterocycles. The first-order valence-electron chi connectivity index (χ1n) is 5.76. The van der Waals surface area contributed by atoms with Gasteiger partial charge < -0.3 is 9.64 Å². The quantitative estimate of drug-likeness (QED) is 0.809. The third-order valence-electron chi connectivity index (χ3n) is 2.62. The van der Waals surface area contributed by atoms with Crippen molar-refractivity contribution in [2.45, 2.75) is 13.8 Å². The number of hydrogen-bond donors (Lipinski definition) is 0. The van der Waals surface area contributed by atoms with E-state index in [0.717, 1.165) is 29.9 Å². The Labute approximate surface area is 111 Å². The molecule has 0 heterocycles. The number of likely N-dealkylation sites (N-methyl/N-ethyl adjacent to an activating group) is 1. The van der Waals surface area contributed by atoms with Crippen LogP contribution in [0, 0.1) is 11.3 Å². The van der Waals surface area contributed by atoms with E-state index in [1.54, 1.807) is 12.1 Å². The van der Waals surface area contributed by atoms with E-state index < -0.39 is 0 Å². The Morgan fingerprint density at radius 1 is 1.35 bits per heavy atom. The number of nitriles is 1. The van der Waals surface area contributed by atoms with Gasteiger partial charge in [0.05, 0.1) is 16.1 Å². The molecule has 0 aliphatic heterocycles. The van der Waals surface area contributed by atoms with Crippen LogP contribution in [0.25, 0.3) is 0 Å². The molecule has 92 valence electrons. The maximum absolute atomic E-state index is 8.75. The molecule has 1 rings (SSSR count). The summed E-state index contributed by atoms with van der Waals surface area (Å²) in [6.45, 7) is 7.93. The van der Waals surface area contributed by atoms with Gasteiger partial charge in [-0.25, -0.2) is 0 Å². The highest BCUT2D eigenvalue weighted by atomic mass is 79.9. The topological polar surface area (TPSA) is 36.3 Å². The fourth-order valence-electron chi connectivity index (χ4n) is 1.51. The van der Waals surface area contributed by atoms with Crippen molar-refractivity contribution in [2.75, 3.05) is 26.2 Å². The van der Waals surface area contributed by atoms with Gasteiger partial charge in [-0.05, 0) is 47.2 Å².